The zero-order valence-corrected chi connectivity index (χ0v) is 12.0. The average molecular weight is 287 g/mol. The van der Waals surface area contributed by atoms with Gasteiger partial charge in [-0.1, -0.05) is 6.42 Å². The van der Waals surface area contributed by atoms with Crippen LogP contribution in [0.3, 0.4) is 0 Å². The van der Waals surface area contributed by atoms with Gasteiger partial charge in [0.15, 0.2) is 0 Å². The summed E-state index contributed by atoms with van der Waals surface area (Å²) in [6, 6.07) is -1.60. The lowest BCUT2D eigenvalue weighted by Crippen LogP contribution is -2.51. The summed E-state index contributed by atoms with van der Waals surface area (Å²) in [5.41, 5.74) is 0. The summed E-state index contributed by atoms with van der Waals surface area (Å²) >= 11 is 0. The smallest absolute Gasteiger partial charge is 0.326 e. The van der Waals surface area contributed by atoms with Crippen LogP contribution in [0.25, 0.3) is 0 Å². The Balaban J connectivity index is 2.30. The third-order valence-corrected chi connectivity index (χ3v) is 3.38. The van der Waals surface area contributed by atoms with E-state index in [0.717, 1.165) is 19.6 Å². The summed E-state index contributed by atoms with van der Waals surface area (Å²) in [4.78, 5) is 24.9. The summed E-state index contributed by atoms with van der Waals surface area (Å²) in [5, 5.41) is 22.7. The first-order valence-electron chi connectivity index (χ1n) is 7.16. The van der Waals surface area contributed by atoms with Gasteiger partial charge < -0.3 is 25.7 Å². The molecule has 116 valence electrons. The molecule has 0 radical (unpaired) electrons. The van der Waals surface area contributed by atoms with Gasteiger partial charge in [0.05, 0.1) is 0 Å². The number of carbonyl (C=O) groups is 2. The predicted octanol–water partition coefficient (Wildman–Crippen LogP) is -0.00440. The lowest BCUT2D eigenvalue weighted by Gasteiger charge is -2.29. The van der Waals surface area contributed by atoms with E-state index >= 15 is 0 Å². The molecule has 1 rings (SSSR count). The summed E-state index contributed by atoms with van der Waals surface area (Å²) in [7, 11) is 0. The number of piperidine rings is 1. The molecule has 0 aromatic carbocycles. The average Bonchev–Trinajstić information content (AvgIpc) is 2.38. The molecule has 0 aromatic rings. The van der Waals surface area contributed by atoms with Gasteiger partial charge in [0.1, 0.15) is 6.04 Å². The highest BCUT2D eigenvalue weighted by molar-refractivity contribution is 5.82. The van der Waals surface area contributed by atoms with Gasteiger partial charge in [-0.2, -0.15) is 0 Å². The van der Waals surface area contributed by atoms with E-state index in [4.69, 9.17) is 10.2 Å². The quantitative estimate of drug-likeness (QED) is 0.528. The number of nitrogens with zero attached hydrogens (tertiary/aromatic N) is 1. The molecule has 1 fully saturated rings. The van der Waals surface area contributed by atoms with Crippen molar-refractivity contribution in [2.45, 2.75) is 44.7 Å². The largest absolute Gasteiger partial charge is 0.480 e. The van der Waals surface area contributed by atoms with Crippen molar-refractivity contribution in [3.63, 3.8) is 0 Å². The summed E-state index contributed by atoms with van der Waals surface area (Å²) in [5.74, 6) is -1.14. The number of carboxylic acid groups (broad SMARTS) is 1. The lowest BCUT2D eigenvalue weighted by atomic mass is 10.1. The van der Waals surface area contributed by atoms with Gasteiger partial charge in [-0.05, 0) is 32.9 Å². The Bertz CT molecular complexity index is 319. The Morgan fingerprint density at radius 2 is 1.85 bits per heavy atom. The minimum Gasteiger partial charge on any atom is -0.480 e. The molecule has 4 N–H and O–H groups in total. The number of carboxylic acids is 1. The molecule has 1 unspecified atom stereocenters. The summed E-state index contributed by atoms with van der Waals surface area (Å²) in [6.45, 7) is 4.49. The van der Waals surface area contributed by atoms with Crippen molar-refractivity contribution in [1.29, 1.82) is 0 Å². The van der Waals surface area contributed by atoms with E-state index < -0.39 is 18.0 Å². The molecule has 7 nitrogen and oxygen atoms in total. The number of hydrogen-bond donors (Lipinski definition) is 4. The second-order valence-corrected chi connectivity index (χ2v) is 5.28. The third kappa shape index (κ3) is 6.21. The topological polar surface area (TPSA) is 102 Å². The number of likely N-dealkylation sites (tertiary alicyclic amines) is 1. The third-order valence-electron chi connectivity index (χ3n) is 3.38. The minimum atomic E-state index is -1.14. The van der Waals surface area contributed by atoms with Crippen molar-refractivity contribution in [2.24, 2.45) is 0 Å². The van der Waals surface area contributed by atoms with Gasteiger partial charge >= 0.3 is 12.0 Å². The maximum atomic E-state index is 11.7. The number of carbonyl (C=O) groups excluding carboxylic acids is 1. The first-order chi connectivity index (χ1) is 9.52. The molecule has 7 heteroatoms. The van der Waals surface area contributed by atoms with Crippen LogP contribution < -0.4 is 10.6 Å². The monoisotopic (exact) mass is 287 g/mol. The van der Waals surface area contributed by atoms with E-state index in [1.807, 2.05) is 6.92 Å². The van der Waals surface area contributed by atoms with Crippen molar-refractivity contribution in [1.82, 2.24) is 15.5 Å². The highest BCUT2D eigenvalue weighted by Crippen LogP contribution is 2.08. The number of hydrogen-bond acceptors (Lipinski definition) is 4. The summed E-state index contributed by atoms with van der Waals surface area (Å²) < 4.78 is 0. The Morgan fingerprint density at radius 1 is 1.20 bits per heavy atom. The van der Waals surface area contributed by atoms with Crippen LogP contribution in [0.1, 0.15) is 32.6 Å². The Hall–Kier alpha value is -1.34. The Labute approximate surface area is 119 Å². The van der Waals surface area contributed by atoms with Crippen molar-refractivity contribution in [3.05, 3.63) is 0 Å². The summed E-state index contributed by atoms with van der Waals surface area (Å²) in [6.07, 6.45) is 3.65. The fraction of sp³-hybridized carbons (Fsp3) is 0.846. The van der Waals surface area contributed by atoms with Crippen LogP contribution in [0.4, 0.5) is 4.79 Å². The molecule has 0 spiro atoms. The molecule has 2 amide bonds. The number of aliphatic hydroxyl groups excluding tert-OH is 1. The maximum Gasteiger partial charge on any atom is 0.326 e. The first-order valence-corrected chi connectivity index (χ1v) is 7.16. The fourth-order valence-electron chi connectivity index (χ4n) is 2.39. The van der Waals surface area contributed by atoms with Crippen LogP contribution in [-0.2, 0) is 4.79 Å². The predicted molar refractivity (Wildman–Crippen MR) is 74.5 cm³/mol. The molecule has 0 saturated carbocycles. The molecule has 1 saturated heterocycles. The zero-order valence-electron chi connectivity index (χ0n) is 12.0. The van der Waals surface area contributed by atoms with E-state index in [1.54, 1.807) is 0 Å². The van der Waals surface area contributed by atoms with Gasteiger partial charge in [0.2, 0.25) is 0 Å². The Kier molecular flexibility index (Phi) is 7.32. The molecule has 0 aliphatic carbocycles. The maximum absolute atomic E-state index is 11.7. The fourth-order valence-corrected chi connectivity index (χ4v) is 2.39. The van der Waals surface area contributed by atoms with Crippen LogP contribution in [-0.4, -0.2) is 65.4 Å². The molecular weight excluding hydrogens is 262 g/mol. The standard InChI is InChI=1S/C13H25N3O4/c1-10(9-16-6-3-2-4-7-16)14-13(20)15-11(5-8-17)12(18)19/h10-11,17H,2-9H2,1H3,(H,18,19)(H2,14,15,20)/t10?,11-/m0/s1. The molecule has 20 heavy (non-hydrogen) atoms. The van der Waals surface area contributed by atoms with E-state index in [9.17, 15) is 9.59 Å². The van der Waals surface area contributed by atoms with Crippen LogP contribution in [0.2, 0.25) is 0 Å². The van der Waals surface area contributed by atoms with Gasteiger partial charge in [-0.25, -0.2) is 9.59 Å². The molecular formula is C13H25N3O4. The van der Waals surface area contributed by atoms with Crippen LogP contribution in [0, 0.1) is 0 Å². The number of rotatable bonds is 7. The number of aliphatic carboxylic acids is 1. The van der Waals surface area contributed by atoms with Gasteiger partial charge in [0, 0.05) is 25.6 Å². The molecule has 0 aromatic heterocycles. The van der Waals surface area contributed by atoms with Crippen molar-refractivity contribution in [3.8, 4) is 0 Å². The number of urea groups is 1. The minimum absolute atomic E-state index is 0.00323. The van der Waals surface area contributed by atoms with Crippen molar-refractivity contribution in [2.75, 3.05) is 26.2 Å². The van der Waals surface area contributed by atoms with Gasteiger partial charge in [-0.3, -0.25) is 0 Å². The molecule has 2 atom stereocenters. The van der Waals surface area contributed by atoms with Crippen LogP contribution in [0.15, 0.2) is 0 Å². The van der Waals surface area contributed by atoms with Crippen LogP contribution >= 0.6 is 0 Å². The molecule has 0 bridgehead atoms. The van der Waals surface area contributed by atoms with Gasteiger partial charge in [0.25, 0.3) is 0 Å². The van der Waals surface area contributed by atoms with E-state index in [-0.39, 0.29) is 19.1 Å². The zero-order chi connectivity index (χ0) is 15.0. The molecule has 1 heterocycles. The molecule has 1 aliphatic rings. The van der Waals surface area contributed by atoms with Crippen molar-refractivity contribution < 1.29 is 19.8 Å². The van der Waals surface area contributed by atoms with Gasteiger partial charge in [-0.15, -0.1) is 0 Å². The number of aliphatic hydroxyl groups is 1. The van der Waals surface area contributed by atoms with E-state index in [1.165, 1.54) is 19.3 Å². The van der Waals surface area contributed by atoms with Crippen LogP contribution in [0.5, 0.6) is 0 Å². The second kappa shape index (κ2) is 8.76. The highest BCUT2D eigenvalue weighted by Gasteiger charge is 2.20. The van der Waals surface area contributed by atoms with E-state index in [2.05, 4.69) is 15.5 Å². The lowest BCUT2D eigenvalue weighted by molar-refractivity contribution is -0.139. The first kappa shape index (κ1) is 16.7. The highest BCUT2D eigenvalue weighted by atomic mass is 16.4. The second-order valence-electron chi connectivity index (χ2n) is 5.28. The van der Waals surface area contributed by atoms with E-state index in [0.29, 0.717) is 0 Å². The van der Waals surface area contributed by atoms with Crippen molar-refractivity contribution >= 4 is 12.0 Å². The molecule has 1 aliphatic heterocycles. The number of nitrogens with one attached hydrogen (secondary N) is 2. The normalized spacial score (nSPS) is 19.1. The Morgan fingerprint density at radius 3 is 2.40 bits per heavy atom. The number of amides is 2. The SMILES string of the molecule is CC(CN1CCCCC1)NC(=O)N[C@@H](CCO)C(=O)O.